The molecule has 144 valence electrons. The zero-order chi connectivity index (χ0) is 18.7. The van der Waals surface area contributed by atoms with Gasteiger partial charge in [0.15, 0.2) is 5.03 Å². The molecule has 3 N–H and O–H groups in total. The van der Waals surface area contributed by atoms with Crippen LogP contribution in [0, 0.1) is 5.92 Å². The van der Waals surface area contributed by atoms with E-state index in [1.807, 2.05) is 0 Å². The van der Waals surface area contributed by atoms with E-state index >= 15 is 0 Å². The molecule has 0 bridgehead atoms. The van der Waals surface area contributed by atoms with Crippen molar-refractivity contribution in [3.8, 4) is 0 Å². The summed E-state index contributed by atoms with van der Waals surface area (Å²) >= 11 is 0. The average molecular weight is 384 g/mol. The van der Waals surface area contributed by atoms with Crippen molar-refractivity contribution < 1.29 is 23.1 Å². The van der Waals surface area contributed by atoms with E-state index in [0.29, 0.717) is 12.5 Å². The largest absolute Gasteiger partial charge is 0.394 e. The van der Waals surface area contributed by atoms with Crippen LogP contribution >= 0.6 is 0 Å². The first-order valence-electron chi connectivity index (χ1n) is 8.59. The molecule has 1 aromatic heterocycles. The van der Waals surface area contributed by atoms with Gasteiger partial charge in [-0.05, 0) is 18.8 Å². The molecule has 9 nitrogen and oxygen atoms in total. The van der Waals surface area contributed by atoms with Gasteiger partial charge in [-0.1, -0.05) is 12.2 Å². The zero-order valence-electron chi connectivity index (χ0n) is 14.5. The molecule has 3 atom stereocenters. The number of nitrogens with zero attached hydrogens (tertiary/aromatic N) is 2. The second kappa shape index (κ2) is 7.87. The first-order chi connectivity index (χ1) is 12.4. The van der Waals surface area contributed by atoms with E-state index in [9.17, 15) is 18.3 Å². The molecule has 26 heavy (non-hydrogen) atoms. The molecule has 0 saturated heterocycles. The Labute approximate surface area is 152 Å². The lowest BCUT2D eigenvalue weighted by molar-refractivity contribution is -0.125. The minimum Gasteiger partial charge on any atom is -0.394 e. The van der Waals surface area contributed by atoms with Crippen molar-refractivity contribution in [2.75, 3.05) is 13.2 Å². The van der Waals surface area contributed by atoms with Gasteiger partial charge in [0.1, 0.15) is 6.10 Å². The normalized spacial score (nSPS) is 26.0. The van der Waals surface area contributed by atoms with Crippen LogP contribution in [-0.4, -0.2) is 60.4 Å². The molecule has 3 rings (SSSR count). The molecule has 1 aromatic rings. The zero-order valence-corrected chi connectivity index (χ0v) is 15.4. The molecule has 2 heterocycles. The number of sulfonamides is 1. The summed E-state index contributed by atoms with van der Waals surface area (Å²) in [4.78, 5) is 15.8. The van der Waals surface area contributed by atoms with Crippen molar-refractivity contribution in [2.45, 2.75) is 42.5 Å². The Balaban J connectivity index is 1.59. The van der Waals surface area contributed by atoms with Crippen LogP contribution in [0.5, 0.6) is 0 Å². The van der Waals surface area contributed by atoms with Gasteiger partial charge >= 0.3 is 0 Å². The van der Waals surface area contributed by atoms with Gasteiger partial charge in [0, 0.05) is 19.8 Å². The van der Waals surface area contributed by atoms with Crippen molar-refractivity contribution >= 4 is 15.9 Å². The quantitative estimate of drug-likeness (QED) is 0.510. The van der Waals surface area contributed by atoms with E-state index < -0.39 is 28.3 Å². The highest BCUT2D eigenvalue weighted by molar-refractivity contribution is 7.89. The molecule has 1 fully saturated rings. The number of carbonyl (C=O) groups is 1. The maximum Gasteiger partial charge on any atom is 0.260 e. The number of nitrogens with one attached hydrogen (secondary N) is 2. The lowest BCUT2D eigenvalue weighted by Crippen LogP contribution is -2.49. The summed E-state index contributed by atoms with van der Waals surface area (Å²) < 4.78 is 34.4. The van der Waals surface area contributed by atoms with Crippen LogP contribution in [-0.2, 0) is 26.6 Å². The predicted molar refractivity (Wildman–Crippen MR) is 92.6 cm³/mol. The number of amides is 1. The Morgan fingerprint density at radius 2 is 2.19 bits per heavy atom. The smallest absolute Gasteiger partial charge is 0.260 e. The molecule has 1 amide bonds. The van der Waals surface area contributed by atoms with Gasteiger partial charge in [0.05, 0.1) is 31.5 Å². The molecular formula is C16H24N4O5S. The Morgan fingerprint density at radius 3 is 2.81 bits per heavy atom. The molecule has 1 saturated carbocycles. The van der Waals surface area contributed by atoms with Crippen LogP contribution in [0.2, 0.25) is 0 Å². The van der Waals surface area contributed by atoms with E-state index in [-0.39, 0.29) is 24.0 Å². The van der Waals surface area contributed by atoms with Gasteiger partial charge in [0.25, 0.3) is 10.0 Å². The number of rotatable bonds is 8. The third kappa shape index (κ3) is 4.91. The van der Waals surface area contributed by atoms with Crippen LogP contribution in [0.1, 0.15) is 19.3 Å². The van der Waals surface area contributed by atoms with Crippen molar-refractivity contribution in [1.29, 1.82) is 0 Å². The molecule has 0 radical (unpaired) electrons. The SMILES string of the molecule is Cn1cnc(S(=O)(=O)N[C@@H]2C=C[C@H](CC(=O)NCC3CC3)O[C@H]2CO)c1. The molecule has 10 heteroatoms. The summed E-state index contributed by atoms with van der Waals surface area (Å²) in [5.41, 5.74) is 0. The number of hydrogen-bond acceptors (Lipinski definition) is 6. The number of aromatic nitrogens is 2. The number of aliphatic hydroxyl groups excluding tert-OH is 1. The summed E-state index contributed by atoms with van der Waals surface area (Å²) in [5, 5.41) is 12.3. The van der Waals surface area contributed by atoms with E-state index in [0.717, 1.165) is 12.8 Å². The maximum atomic E-state index is 12.4. The van der Waals surface area contributed by atoms with Gasteiger partial charge < -0.3 is 19.7 Å². The molecule has 2 aliphatic rings. The predicted octanol–water partition coefficient (Wildman–Crippen LogP) is -0.701. The van der Waals surface area contributed by atoms with Crippen LogP contribution in [0.3, 0.4) is 0 Å². The van der Waals surface area contributed by atoms with Crippen molar-refractivity contribution in [3.05, 3.63) is 24.7 Å². The monoisotopic (exact) mass is 384 g/mol. The third-order valence-electron chi connectivity index (χ3n) is 4.38. The van der Waals surface area contributed by atoms with Gasteiger partial charge in [-0.3, -0.25) is 4.79 Å². The standard InChI is InChI=1S/C16H24N4O5S/c1-20-8-16(18-10-20)26(23,24)19-13-5-4-12(25-14(13)9-21)6-15(22)17-7-11-2-3-11/h4-5,8,10-14,19,21H,2-3,6-7,9H2,1H3,(H,17,22)/t12-,13-,14+/m1/s1. The van der Waals surface area contributed by atoms with E-state index in [1.54, 1.807) is 19.2 Å². The van der Waals surface area contributed by atoms with E-state index in [2.05, 4.69) is 15.0 Å². The fraction of sp³-hybridized carbons (Fsp3) is 0.625. The van der Waals surface area contributed by atoms with Crippen LogP contribution in [0.25, 0.3) is 0 Å². The Morgan fingerprint density at radius 1 is 1.42 bits per heavy atom. The van der Waals surface area contributed by atoms with Crippen molar-refractivity contribution in [3.63, 3.8) is 0 Å². The summed E-state index contributed by atoms with van der Waals surface area (Å²) in [5.74, 6) is 0.480. The highest BCUT2D eigenvalue weighted by Gasteiger charge is 2.32. The molecule has 1 aliphatic carbocycles. The van der Waals surface area contributed by atoms with E-state index in [4.69, 9.17) is 4.74 Å². The average Bonchev–Trinajstić information content (AvgIpc) is 3.32. The fourth-order valence-electron chi connectivity index (χ4n) is 2.71. The summed E-state index contributed by atoms with van der Waals surface area (Å²) in [6.07, 6.45) is 7.22. The lowest BCUT2D eigenvalue weighted by Gasteiger charge is -2.31. The highest BCUT2D eigenvalue weighted by Crippen LogP contribution is 2.27. The summed E-state index contributed by atoms with van der Waals surface area (Å²) in [7, 11) is -2.17. The maximum absolute atomic E-state index is 12.4. The minimum atomic E-state index is -3.84. The molecule has 0 unspecified atom stereocenters. The molecule has 1 aliphatic heterocycles. The molecule has 0 aromatic carbocycles. The lowest BCUT2D eigenvalue weighted by atomic mass is 10.1. The Kier molecular flexibility index (Phi) is 5.76. The number of carbonyl (C=O) groups excluding carboxylic acids is 1. The Hall–Kier alpha value is -1.75. The first-order valence-corrected chi connectivity index (χ1v) is 10.1. The van der Waals surface area contributed by atoms with E-state index in [1.165, 1.54) is 17.1 Å². The van der Waals surface area contributed by atoms with Gasteiger partial charge in [-0.15, -0.1) is 0 Å². The number of aryl methyl sites for hydroxylation is 1. The summed E-state index contributed by atoms with van der Waals surface area (Å²) in [6.45, 7) is 0.311. The van der Waals surface area contributed by atoms with Gasteiger partial charge in [0.2, 0.25) is 5.91 Å². The number of aliphatic hydroxyl groups is 1. The number of imidazole rings is 1. The van der Waals surface area contributed by atoms with Gasteiger partial charge in [-0.25, -0.2) is 18.1 Å². The molecule has 0 spiro atoms. The second-order valence-corrected chi connectivity index (χ2v) is 8.42. The van der Waals surface area contributed by atoms with Gasteiger partial charge in [-0.2, -0.15) is 0 Å². The fourth-order valence-corrected chi connectivity index (χ4v) is 3.91. The second-order valence-electron chi connectivity index (χ2n) is 6.76. The summed E-state index contributed by atoms with van der Waals surface area (Å²) in [6, 6.07) is -0.738. The third-order valence-corrected chi connectivity index (χ3v) is 5.73. The molecular weight excluding hydrogens is 360 g/mol. The number of hydrogen-bond donors (Lipinski definition) is 3. The number of ether oxygens (including phenoxy) is 1. The Bertz CT molecular complexity index is 771. The van der Waals surface area contributed by atoms with Crippen LogP contribution in [0.15, 0.2) is 29.7 Å². The van der Waals surface area contributed by atoms with Crippen LogP contribution < -0.4 is 10.0 Å². The van der Waals surface area contributed by atoms with Crippen LogP contribution in [0.4, 0.5) is 0 Å². The highest BCUT2D eigenvalue weighted by atomic mass is 32.2. The van der Waals surface area contributed by atoms with Crippen molar-refractivity contribution in [1.82, 2.24) is 19.6 Å². The topological polar surface area (TPSA) is 123 Å². The first kappa shape index (κ1) is 19.0. The van der Waals surface area contributed by atoms with Crippen molar-refractivity contribution in [2.24, 2.45) is 13.0 Å². The minimum absolute atomic E-state index is 0.105.